The summed E-state index contributed by atoms with van der Waals surface area (Å²) in [4.78, 5) is 29.4. The third kappa shape index (κ3) is 7.56. The fourth-order valence-corrected chi connectivity index (χ4v) is 4.38. The van der Waals surface area contributed by atoms with Crippen LogP contribution >= 0.6 is 0 Å². The molecule has 0 spiro atoms. The van der Waals surface area contributed by atoms with Crippen LogP contribution in [-0.2, 0) is 24.4 Å². The van der Waals surface area contributed by atoms with Crippen molar-refractivity contribution in [2.45, 2.75) is 73.7 Å². The number of nitrogens with zero attached hydrogens (tertiary/aromatic N) is 5. The molecule has 10 nitrogen and oxygen atoms in total. The predicted octanol–water partition coefficient (Wildman–Crippen LogP) is 5.08. The van der Waals surface area contributed by atoms with Gasteiger partial charge in [-0.1, -0.05) is 24.3 Å². The minimum absolute atomic E-state index is 0.221. The van der Waals surface area contributed by atoms with Crippen LogP contribution in [0, 0.1) is 27.7 Å². The maximum atomic E-state index is 12.8. The number of benzene rings is 1. The summed E-state index contributed by atoms with van der Waals surface area (Å²) in [7, 11) is 0. The van der Waals surface area contributed by atoms with Crippen molar-refractivity contribution in [3.8, 4) is 0 Å². The van der Waals surface area contributed by atoms with Gasteiger partial charge in [-0.05, 0) is 82.9 Å². The van der Waals surface area contributed by atoms with Crippen LogP contribution in [0.25, 0.3) is 0 Å². The minimum Gasteiger partial charge on any atom is -0.444 e. The van der Waals surface area contributed by atoms with Crippen LogP contribution in [0.1, 0.15) is 70.5 Å². The molecular weight excluding hydrogens is 506 g/mol. The molecule has 0 bridgehead atoms. The number of ether oxygens (including phenoxy) is 1. The zero-order valence-corrected chi connectivity index (χ0v) is 24.2. The molecule has 10 heteroatoms. The van der Waals surface area contributed by atoms with E-state index in [0.717, 1.165) is 34.6 Å². The van der Waals surface area contributed by atoms with Crippen LogP contribution < -0.4 is 10.6 Å². The molecule has 2 amide bonds. The van der Waals surface area contributed by atoms with Crippen molar-refractivity contribution in [2.24, 2.45) is 0 Å². The van der Waals surface area contributed by atoms with Crippen LogP contribution in [0.15, 0.2) is 48.8 Å². The molecule has 40 heavy (non-hydrogen) atoms. The SMILES string of the molecule is Cc1cc(C)n(Cc2ccc(Cn3cc(C(=O)NCc4c(C)cc(NC(=O)OC(C)(C)C)nc4C)cn3)cc2)n1. The summed E-state index contributed by atoms with van der Waals surface area (Å²) >= 11 is 0. The molecule has 0 saturated heterocycles. The zero-order chi connectivity index (χ0) is 29.0. The Balaban J connectivity index is 1.32. The van der Waals surface area contributed by atoms with E-state index in [9.17, 15) is 9.59 Å². The van der Waals surface area contributed by atoms with E-state index in [1.54, 1.807) is 43.9 Å². The van der Waals surface area contributed by atoms with Crippen molar-refractivity contribution in [1.29, 1.82) is 0 Å². The average molecular weight is 544 g/mol. The van der Waals surface area contributed by atoms with Crippen molar-refractivity contribution in [2.75, 3.05) is 5.32 Å². The van der Waals surface area contributed by atoms with Gasteiger partial charge in [-0.15, -0.1) is 0 Å². The van der Waals surface area contributed by atoms with Gasteiger partial charge in [0, 0.05) is 24.1 Å². The van der Waals surface area contributed by atoms with Crippen molar-refractivity contribution >= 4 is 17.8 Å². The third-order valence-corrected chi connectivity index (χ3v) is 6.31. The van der Waals surface area contributed by atoms with Crippen molar-refractivity contribution in [1.82, 2.24) is 29.9 Å². The molecule has 3 aromatic heterocycles. The van der Waals surface area contributed by atoms with Crippen LogP contribution in [0.2, 0.25) is 0 Å². The largest absolute Gasteiger partial charge is 0.444 e. The number of rotatable bonds is 8. The van der Waals surface area contributed by atoms with E-state index in [1.165, 1.54) is 5.56 Å². The number of nitrogens with one attached hydrogen (secondary N) is 2. The van der Waals surface area contributed by atoms with E-state index >= 15 is 0 Å². The number of carbonyl (C=O) groups excluding carboxylic acids is 2. The number of aryl methyl sites for hydroxylation is 4. The Hall–Kier alpha value is -4.47. The van der Waals surface area contributed by atoms with E-state index in [-0.39, 0.29) is 5.91 Å². The quantitative estimate of drug-likeness (QED) is 0.320. The first-order valence-corrected chi connectivity index (χ1v) is 13.2. The van der Waals surface area contributed by atoms with Gasteiger partial charge in [0.05, 0.1) is 30.5 Å². The Morgan fingerprint density at radius 1 is 0.975 bits per heavy atom. The summed E-state index contributed by atoms with van der Waals surface area (Å²) in [5.74, 6) is 0.182. The van der Waals surface area contributed by atoms with Crippen LogP contribution in [0.5, 0.6) is 0 Å². The van der Waals surface area contributed by atoms with E-state index in [2.05, 4.69) is 63.1 Å². The smallest absolute Gasteiger partial charge is 0.413 e. The van der Waals surface area contributed by atoms with Crippen LogP contribution in [0.3, 0.4) is 0 Å². The highest BCUT2D eigenvalue weighted by molar-refractivity contribution is 5.93. The molecular formula is C30H37N7O3. The number of hydrogen-bond acceptors (Lipinski definition) is 6. The lowest BCUT2D eigenvalue weighted by Crippen LogP contribution is -2.28. The topological polar surface area (TPSA) is 116 Å². The van der Waals surface area contributed by atoms with Gasteiger partial charge in [0.25, 0.3) is 5.91 Å². The minimum atomic E-state index is -0.601. The molecule has 0 radical (unpaired) electrons. The van der Waals surface area contributed by atoms with Gasteiger partial charge < -0.3 is 10.1 Å². The molecule has 0 unspecified atom stereocenters. The zero-order valence-electron chi connectivity index (χ0n) is 24.2. The molecule has 2 N–H and O–H groups in total. The summed E-state index contributed by atoms with van der Waals surface area (Å²) in [6, 6.07) is 12.2. The van der Waals surface area contributed by atoms with E-state index in [0.29, 0.717) is 30.2 Å². The van der Waals surface area contributed by atoms with Crippen molar-refractivity contribution in [3.05, 3.63) is 93.7 Å². The number of pyridine rings is 1. The summed E-state index contributed by atoms with van der Waals surface area (Å²) in [5.41, 5.74) is 6.78. The van der Waals surface area contributed by atoms with Crippen LogP contribution in [0.4, 0.5) is 10.6 Å². The molecule has 1 aromatic carbocycles. The van der Waals surface area contributed by atoms with Gasteiger partial charge in [0.1, 0.15) is 11.4 Å². The highest BCUT2D eigenvalue weighted by atomic mass is 16.6. The summed E-state index contributed by atoms with van der Waals surface area (Å²) < 4.78 is 9.04. The Kier molecular flexibility index (Phi) is 8.37. The van der Waals surface area contributed by atoms with E-state index in [1.807, 2.05) is 25.5 Å². The molecule has 0 fully saturated rings. The summed E-state index contributed by atoms with van der Waals surface area (Å²) in [5, 5.41) is 14.5. The van der Waals surface area contributed by atoms with Gasteiger partial charge in [-0.25, -0.2) is 9.78 Å². The monoisotopic (exact) mass is 543 g/mol. The van der Waals surface area contributed by atoms with E-state index < -0.39 is 11.7 Å². The Labute approximate surface area is 234 Å². The lowest BCUT2D eigenvalue weighted by atomic mass is 10.1. The number of carbonyl (C=O) groups is 2. The van der Waals surface area contributed by atoms with Crippen LogP contribution in [-0.4, -0.2) is 42.1 Å². The lowest BCUT2D eigenvalue weighted by molar-refractivity contribution is 0.0635. The summed E-state index contributed by atoms with van der Waals surface area (Å²) in [6.07, 6.45) is 2.75. The number of amides is 2. The third-order valence-electron chi connectivity index (χ3n) is 6.31. The molecule has 0 aliphatic heterocycles. The van der Waals surface area contributed by atoms with Crippen molar-refractivity contribution in [3.63, 3.8) is 0 Å². The first-order chi connectivity index (χ1) is 18.9. The molecule has 4 aromatic rings. The van der Waals surface area contributed by atoms with Gasteiger partial charge in [0.15, 0.2) is 0 Å². The maximum absolute atomic E-state index is 12.8. The second kappa shape index (κ2) is 11.7. The maximum Gasteiger partial charge on any atom is 0.413 e. The van der Waals surface area contributed by atoms with Crippen molar-refractivity contribution < 1.29 is 14.3 Å². The fraction of sp³-hybridized carbons (Fsp3) is 0.367. The summed E-state index contributed by atoms with van der Waals surface area (Å²) in [6.45, 7) is 14.8. The standard InChI is InChI=1S/C30H37N7O3/c1-19-12-27(34-29(39)40-30(5,6)7)33-22(4)26(19)15-31-28(38)25-14-32-36(18-25)16-23-8-10-24(11-9-23)17-37-21(3)13-20(2)35-37/h8-14,18H,15-17H2,1-7H3,(H,31,38)(H,33,34,39). The molecule has 3 heterocycles. The predicted molar refractivity (Wildman–Crippen MR) is 153 cm³/mol. The molecule has 0 atom stereocenters. The van der Waals surface area contributed by atoms with Gasteiger partial charge in [-0.3, -0.25) is 19.5 Å². The molecule has 0 saturated carbocycles. The molecule has 4 rings (SSSR count). The second-order valence-electron chi connectivity index (χ2n) is 11.0. The van der Waals surface area contributed by atoms with Gasteiger partial charge in [-0.2, -0.15) is 10.2 Å². The average Bonchev–Trinajstić information content (AvgIpc) is 3.43. The highest BCUT2D eigenvalue weighted by Gasteiger charge is 2.18. The Morgan fingerprint density at radius 2 is 1.65 bits per heavy atom. The lowest BCUT2D eigenvalue weighted by Gasteiger charge is -2.20. The fourth-order valence-electron chi connectivity index (χ4n) is 4.38. The second-order valence-corrected chi connectivity index (χ2v) is 11.0. The molecule has 0 aliphatic rings. The number of aromatic nitrogens is 5. The highest BCUT2D eigenvalue weighted by Crippen LogP contribution is 2.18. The molecule has 0 aliphatic carbocycles. The van der Waals surface area contributed by atoms with E-state index in [4.69, 9.17) is 4.74 Å². The Bertz CT molecular complexity index is 1490. The molecule has 210 valence electrons. The number of anilines is 1. The Morgan fingerprint density at radius 3 is 2.25 bits per heavy atom. The normalized spacial score (nSPS) is 11.4. The van der Waals surface area contributed by atoms with Gasteiger partial charge >= 0.3 is 6.09 Å². The number of hydrogen-bond donors (Lipinski definition) is 2. The first kappa shape index (κ1) is 28.5. The van der Waals surface area contributed by atoms with Gasteiger partial charge in [0.2, 0.25) is 0 Å². The first-order valence-electron chi connectivity index (χ1n) is 13.2.